The van der Waals surface area contributed by atoms with E-state index in [1.54, 1.807) is 31.0 Å². The molecule has 1 aromatic heterocycles. The summed E-state index contributed by atoms with van der Waals surface area (Å²) in [6.45, 7) is 0. The number of allylic oxidation sites excluding steroid dienone is 2. The number of fused-ring (bicyclic) bond motifs is 1. The van der Waals surface area contributed by atoms with Crippen LogP contribution in [0.25, 0.3) is 0 Å². The number of aromatic nitrogens is 2. The van der Waals surface area contributed by atoms with E-state index >= 15 is 0 Å². The van der Waals surface area contributed by atoms with Crippen LogP contribution < -0.4 is 20.1 Å². The standard InChI is InChI=1S/C25H24N4O4/c1-32-17-11-9-15(10-12-17)23-22-20(7-4-8-21(22)30)28-24-19(14-26-29(23)24)25(31)27-16-5-3-6-18(13-16)33-2/h3,5-6,9-14,23,28H,4,7-8H2,1-2H3,(H,27,31)/t23-/m1/s1. The van der Waals surface area contributed by atoms with Crippen molar-refractivity contribution in [3.63, 3.8) is 0 Å². The fourth-order valence-corrected chi connectivity index (χ4v) is 4.42. The van der Waals surface area contributed by atoms with E-state index in [1.807, 2.05) is 36.4 Å². The predicted octanol–water partition coefficient (Wildman–Crippen LogP) is 4.17. The van der Waals surface area contributed by atoms with E-state index in [0.717, 1.165) is 29.9 Å². The number of anilines is 2. The molecule has 8 nitrogen and oxygen atoms in total. The number of rotatable bonds is 5. The summed E-state index contributed by atoms with van der Waals surface area (Å²) < 4.78 is 12.3. The van der Waals surface area contributed by atoms with Crippen molar-refractivity contribution >= 4 is 23.2 Å². The number of methoxy groups -OCH3 is 2. The number of carbonyl (C=O) groups is 2. The number of ketones is 1. The Hall–Kier alpha value is -4.07. The molecule has 0 saturated carbocycles. The number of Topliss-reactive ketones (excluding diaryl/α,β-unsaturated/α-hetero) is 1. The topological polar surface area (TPSA) is 94.5 Å². The van der Waals surface area contributed by atoms with Gasteiger partial charge in [0, 0.05) is 29.4 Å². The Morgan fingerprint density at radius 2 is 1.88 bits per heavy atom. The minimum atomic E-state index is -0.409. The highest BCUT2D eigenvalue weighted by Gasteiger charge is 2.37. The summed E-state index contributed by atoms with van der Waals surface area (Å²) in [5, 5.41) is 10.8. The summed E-state index contributed by atoms with van der Waals surface area (Å²) in [7, 11) is 3.19. The van der Waals surface area contributed by atoms with Crippen molar-refractivity contribution in [1.82, 2.24) is 9.78 Å². The van der Waals surface area contributed by atoms with Crippen LogP contribution in [0.1, 0.15) is 41.2 Å². The second-order valence-corrected chi connectivity index (χ2v) is 8.01. The average molecular weight is 444 g/mol. The first-order valence-electron chi connectivity index (χ1n) is 10.8. The zero-order chi connectivity index (χ0) is 22.9. The third-order valence-electron chi connectivity index (χ3n) is 6.04. The van der Waals surface area contributed by atoms with Gasteiger partial charge in [0.2, 0.25) is 0 Å². The van der Waals surface area contributed by atoms with Crippen LogP contribution in [0.3, 0.4) is 0 Å². The zero-order valence-electron chi connectivity index (χ0n) is 18.4. The molecule has 2 aromatic carbocycles. The monoisotopic (exact) mass is 444 g/mol. The third kappa shape index (κ3) is 3.73. The van der Waals surface area contributed by atoms with Gasteiger partial charge in [-0.05, 0) is 42.7 Å². The predicted molar refractivity (Wildman–Crippen MR) is 124 cm³/mol. The van der Waals surface area contributed by atoms with Crippen LogP contribution in [-0.2, 0) is 4.79 Å². The van der Waals surface area contributed by atoms with Gasteiger partial charge < -0.3 is 20.1 Å². The Balaban J connectivity index is 1.54. The molecule has 1 amide bonds. The largest absolute Gasteiger partial charge is 0.497 e. The molecule has 5 rings (SSSR count). The van der Waals surface area contributed by atoms with Gasteiger partial charge >= 0.3 is 0 Å². The molecule has 2 heterocycles. The molecule has 1 atom stereocenters. The van der Waals surface area contributed by atoms with Crippen molar-refractivity contribution in [1.29, 1.82) is 0 Å². The van der Waals surface area contributed by atoms with Crippen molar-refractivity contribution < 1.29 is 19.1 Å². The SMILES string of the molecule is COc1ccc([C@@H]2C3=C(CCCC3=O)Nc3c(C(=O)Nc4cccc(OC)c4)cnn32)cc1. The van der Waals surface area contributed by atoms with Crippen molar-refractivity contribution in [3.05, 3.63) is 77.1 Å². The highest BCUT2D eigenvalue weighted by Crippen LogP contribution is 2.41. The van der Waals surface area contributed by atoms with Crippen molar-refractivity contribution in [2.45, 2.75) is 25.3 Å². The Morgan fingerprint density at radius 1 is 1.09 bits per heavy atom. The number of ether oxygens (including phenoxy) is 2. The fraction of sp³-hybridized carbons (Fsp3) is 0.240. The summed E-state index contributed by atoms with van der Waals surface area (Å²) >= 11 is 0. The molecule has 0 bridgehead atoms. The van der Waals surface area contributed by atoms with E-state index in [4.69, 9.17) is 9.47 Å². The van der Waals surface area contributed by atoms with Crippen molar-refractivity contribution in [2.75, 3.05) is 24.9 Å². The van der Waals surface area contributed by atoms with Crippen LogP contribution in [0.2, 0.25) is 0 Å². The third-order valence-corrected chi connectivity index (χ3v) is 6.04. The number of carbonyl (C=O) groups excluding carboxylic acids is 2. The van der Waals surface area contributed by atoms with Gasteiger partial charge in [-0.15, -0.1) is 0 Å². The molecule has 3 aromatic rings. The van der Waals surface area contributed by atoms with Crippen LogP contribution in [0.4, 0.5) is 11.5 Å². The molecular formula is C25H24N4O4. The van der Waals surface area contributed by atoms with Crippen LogP contribution in [0.5, 0.6) is 11.5 Å². The Bertz CT molecular complexity index is 1260. The van der Waals surface area contributed by atoms with E-state index in [9.17, 15) is 9.59 Å². The van der Waals surface area contributed by atoms with E-state index < -0.39 is 6.04 Å². The summed E-state index contributed by atoms with van der Waals surface area (Å²) in [4.78, 5) is 26.1. The highest BCUT2D eigenvalue weighted by molar-refractivity contribution is 6.08. The Labute approximate surface area is 191 Å². The summed E-state index contributed by atoms with van der Waals surface area (Å²) in [5.74, 6) is 1.77. The normalized spacial score (nSPS) is 17.0. The summed E-state index contributed by atoms with van der Waals surface area (Å²) in [5.41, 5.74) is 3.50. The minimum Gasteiger partial charge on any atom is -0.497 e. The van der Waals surface area contributed by atoms with E-state index in [-0.39, 0.29) is 11.7 Å². The van der Waals surface area contributed by atoms with E-state index in [2.05, 4.69) is 15.7 Å². The maximum Gasteiger partial charge on any atom is 0.261 e. The number of benzene rings is 2. The van der Waals surface area contributed by atoms with Crippen molar-refractivity contribution in [3.8, 4) is 11.5 Å². The lowest BCUT2D eigenvalue weighted by Gasteiger charge is -2.33. The molecule has 0 unspecified atom stereocenters. The molecule has 0 saturated heterocycles. The number of hydrogen-bond acceptors (Lipinski definition) is 6. The fourth-order valence-electron chi connectivity index (χ4n) is 4.42. The van der Waals surface area contributed by atoms with Gasteiger partial charge in [0.05, 0.1) is 20.4 Å². The molecule has 2 N–H and O–H groups in total. The van der Waals surface area contributed by atoms with Gasteiger partial charge in [-0.3, -0.25) is 9.59 Å². The van der Waals surface area contributed by atoms with Gasteiger partial charge in [0.15, 0.2) is 5.78 Å². The van der Waals surface area contributed by atoms with Gasteiger partial charge in [-0.25, -0.2) is 4.68 Å². The minimum absolute atomic E-state index is 0.105. The van der Waals surface area contributed by atoms with E-state index in [1.165, 1.54) is 6.20 Å². The average Bonchev–Trinajstić information content (AvgIpc) is 3.27. The molecule has 8 heteroatoms. The van der Waals surface area contributed by atoms with Crippen LogP contribution >= 0.6 is 0 Å². The molecule has 0 radical (unpaired) electrons. The molecule has 0 fully saturated rings. The summed E-state index contributed by atoms with van der Waals surface area (Å²) in [6.07, 6.45) is 3.57. The van der Waals surface area contributed by atoms with Gasteiger partial charge in [0.25, 0.3) is 5.91 Å². The van der Waals surface area contributed by atoms with Crippen LogP contribution in [0, 0.1) is 0 Å². The lowest BCUT2D eigenvalue weighted by molar-refractivity contribution is -0.116. The van der Waals surface area contributed by atoms with Crippen LogP contribution in [-0.4, -0.2) is 35.7 Å². The smallest absolute Gasteiger partial charge is 0.261 e. The second-order valence-electron chi connectivity index (χ2n) is 8.01. The van der Waals surface area contributed by atoms with Gasteiger partial charge in [-0.2, -0.15) is 5.10 Å². The first-order valence-corrected chi connectivity index (χ1v) is 10.8. The van der Waals surface area contributed by atoms with Crippen LogP contribution in [0.15, 0.2) is 66.0 Å². The first kappa shape index (κ1) is 20.8. The molecule has 1 aliphatic carbocycles. The summed E-state index contributed by atoms with van der Waals surface area (Å²) in [6, 6.07) is 14.4. The molecule has 33 heavy (non-hydrogen) atoms. The molecular weight excluding hydrogens is 420 g/mol. The van der Waals surface area contributed by atoms with Crippen molar-refractivity contribution in [2.24, 2.45) is 0 Å². The van der Waals surface area contributed by atoms with E-state index in [0.29, 0.717) is 34.8 Å². The lowest BCUT2D eigenvalue weighted by Crippen LogP contribution is -2.32. The molecule has 1 aliphatic heterocycles. The Kier molecular flexibility index (Phi) is 5.34. The second kappa shape index (κ2) is 8.46. The Morgan fingerprint density at radius 3 is 2.64 bits per heavy atom. The lowest BCUT2D eigenvalue weighted by atomic mass is 9.85. The molecule has 0 spiro atoms. The maximum atomic E-state index is 13.2. The number of hydrogen-bond donors (Lipinski definition) is 2. The number of nitrogens with zero attached hydrogens (tertiary/aromatic N) is 2. The molecule has 2 aliphatic rings. The zero-order valence-corrected chi connectivity index (χ0v) is 18.4. The maximum absolute atomic E-state index is 13.2. The van der Waals surface area contributed by atoms with Gasteiger partial charge in [-0.1, -0.05) is 18.2 Å². The van der Waals surface area contributed by atoms with Gasteiger partial charge in [0.1, 0.15) is 28.9 Å². The first-order chi connectivity index (χ1) is 16.1. The highest BCUT2D eigenvalue weighted by atomic mass is 16.5. The molecule has 168 valence electrons. The quantitative estimate of drug-likeness (QED) is 0.613. The number of amides is 1. The number of nitrogens with one attached hydrogen (secondary N) is 2.